The van der Waals surface area contributed by atoms with Crippen LogP contribution in [0.4, 0.5) is 5.69 Å². The molecule has 1 N–H and O–H groups in total. The quantitative estimate of drug-likeness (QED) is 0.251. The van der Waals surface area contributed by atoms with Crippen molar-refractivity contribution < 1.29 is 0 Å². The maximum absolute atomic E-state index is 5.55. The van der Waals surface area contributed by atoms with Crippen molar-refractivity contribution in [3.63, 3.8) is 0 Å². The molecule has 0 saturated heterocycles. The second-order valence-electron chi connectivity index (χ2n) is 6.95. The Balaban J connectivity index is 0.00000218. The molecule has 30 heavy (non-hydrogen) atoms. The molecule has 0 atom stereocenters. The highest BCUT2D eigenvalue weighted by Gasteiger charge is 2.12. The first kappa shape index (κ1) is 25.2. The van der Waals surface area contributed by atoms with Gasteiger partial charge >= 0.3 is 0 Å². The number of thiocarbonyl (C=S) groups is 1. The number of aromatic nitrogens is 1. The van der Waals surface area contributed by atoms with E-state index >= 15 is 0 Å². The number of aryl methyl sites for hydroxylation is 1. The van der Waals surface area contributed by atoms with Gasteiger partial charge in [-0.1, -0.05) is 61.9 Å². The molecule has 4 nitrogen and oxygen atoms in total. The van der Waals surface area contributed by atoms with Crippen LogP contribution in [0.1, 0.15) is 47.2 Å². The number of benzene rings is 1. The molecule has 0 bridgehead atoms. The highest BCUT2D eigenvalue weighted by molar-refractivity contribution is 7.80. The van der Waals surface area contributed by atoms with Crippen LogP contribution >= 0.6 is 12.2 Å². The zero-order chi connectivity index (χ0) is 22.7. The number of hydrogen-bond acceptors (Lipinski definition) is 3. The number of hydrazone groups is 1. The van der Waals surface area contributed by atoms with Gasteiger partial charge in [0.05, 0.1) is 16.9 Å². The molecular weight excluding hydrogens is 388 g/mol. The van der Waals surface area contributed by atoms with Crippen molar-refractivity contribution in [3.05, 3.63) is 71.5 Å². The van der Waals surface area contributed by atoms with Gasteiger partial charge in [-0.15, -0.1) is 0 Å². The summed E-state index contributed by atoms with van der Waals surface area (Å²) < 4.78 is 0. The molecule has 5 heteroatoms. The molecule has 2 rings (SSSR count). The van der Waals surface area contributed by atoms with Crippen LogP contribution < -0.4 is 10.3 Å². The Morgan fingerprint density at radius 3 is 2.37 bits per heavy atom. The van der Waals surface area contributed by atoms with Crippen molar-refractivity contribution in [2.75, 3.05) is 11.9 Å². The summed E-state index contributed by atoms with van der Waals surface area (Å²) >= 11 is 5.55. The molecule has 0 saturated carbocycles. The Bertz CT molecular complexity index is 980. The summed E-state index contributed by atoms with van der Waals surface area (Å²) in [4.78, 5) is 6.51. The fourth-order valence-corrected chi connectivity index (χ4v) is 2.68. The second kappa shape index (κ2) is 12.7. The monoisotopic (exact) mass is 422 g/mol. The molecule has 0 spiro atoms. The fourth-order valence-electron chi connectivity index (χ4n) is 2.54. The smallest absolute Gasteiger partial charge is 0.193 e. The van der Waals surface area contributed by atoms with E-state index in [0.717, 1.165) is 33.6 Å². The van der Waals surface area contributed by atoms with Crippen molar-refractivity contribution in [2.24, 2.45) is 5.10 Å². The van der Waals surface area contributed by atoms with Gasteiger partial charge in [-0.25, -0.2) is 0 Å². The summed E-state index contributed by atoms with van der Waals surface area (Å²) in [6.45, 7) is 14.1. The average Bonchev–Trinajstić information content (AvgIpc) is 2.74. The van der Waals surface area contributed by atoms with Gasteiger partial charge in [0.25, 0.3) is 0 Å². The number of para-hydroxylation sites is 1. The van der Waals surface area contributed by atoms with Crippen LogP contribution in [0.5, 0.6) is 0 Å². The molecule has 0 aliphatic carbocycles. The standard InChI is InChI=1S/C23H28N4S.C2H6/c1-16(2)11-7-8-12-17(3)19(5)25-26-23(28)27(6)22-15-18(4)24-21-14-10-9-13-20(21)22;1-2/h7-15H,1-6H3,(H,26,28);1-2H3/b8-7-,17-12+,25-19+;. The van der Waals surface area contributed by atoms with Crippen LogP contribution in [0.25, 0.3) is 10.9 Å². The lowest BCUT2D eigenvalue weighted by molar-refractivity contribution is 1.00. The molecule has 0 aliphatic heterocycles. The van der Waals surface area contributed by atoms with Crippen LogP contribution in [-0.4, -0.2) is 22.9 Å². The first-order chi connectivity index (χ1) is 14.3. The molecule has 160 valence electrons. The minimum Gasteiger partial charge on any atom is -0.320 e. The number of pyridine rings is 1. The van der Waals surface area contributed by atoms with E-state index < -0.39 is 0 Å². The molecule has 0 aliphatic rings. The summed E-state index contributed by atoms with van der Waals surface area (Å²) in [5.41, 5.74) is 9.13. The number of fused-ring (bicyclic) bond motifs is 1. The first-order valence-corrected chi connectivity index (χ1v) is 10.6. The van der Waals surface area contributed by atoms with Gasteiger partial charge in [0.2, 0.25) is 0 Å². The van der Waals surface area contributed by atoms with Gasteiger partial charge in [-0.3, -0.25) is 10.4 Å². The molecule has 0 fully saturated rings. The maximum atomic E-state index is 5.55. The topological polar surface area (TPSA) is 40.5 Å². The molecular formula is C25H34N4S. The maximum Gasteiger partial charge on any atom is 0.193 e. The normalized spacial score (nSPS) is 11.7. The Hall–Kier alpha value is -2.79. The SMILES string of the molecule is CC.CC(C)=C\C=C/C=C(C)/C(C)=N/NC(=S)N(C)c1cc(C)nc2ccccc12. The predicted octanol–water partition coefficient (Wildman–Crippen LogP) is 6.72. The summed E-state index contributed by atoms with van der Waals surface area (Å²) in [7, 11) is 1.94. The van der Waals surface area contributed by atoms with E-state index in [0.29, 0.717) is 5.11 Å². The van der Waals surface area contributed by atoms with Crippen LogP contribution in [0.3, 0.4) is 0 Å². The summed E-state index contributed by atoms with van der Waals surface area (Å²) in [5.74, 6) is 0. The molecule has 1 aromatic carbocycles. The van der Waals surface area contributed by atoms with E-state index in [1.54, 1.807) is 0 Å². The van der Waals surface area contributed by atoms with Crippen molar-refractivity contribution in [2.45, 2.75) is 48.5 Å². The lowest BCUT2D eigenvalue weighted by Gasteiger charge is -2.21. The minimum absolute atomic E-state index is 0.531. The number of allylic oxidation sites excluding steroid dienone is 6. The Kier molecular flexibility index (Phi) is 10.7. The van der Waals surface area contributed by atoms with Gasteiger partial charge in [-0.05, 0) is 64.5 Å². The molecule has 0 unspecified atom stereocenters. The number of rotatable bonds is 5. The second-order valence-corrected chi connectivity index (χ2v) is 7.34. The first-order valence-electron chi connectivity index (χ1n) is 10.2. The molecule has 1 aromatic heterocycles. The summed E-state index contributed by atoms with van der Waals surface area (Å²) in [6, 6.07) is 10.1. The largest absolute Gasteiger partial charge is 0.320 e. The third-order valence-corrected chi connectivity index (χ3v) is 4.63. The average molecular weight is 423 g/mol. The number of nitrogens with zero attached hydrogens (tertiary/aromatic N) is 3. The Morgan fingerprint density at radius 1 is 1.07 bits per heavy atom. The van der Waals surface area contributed by atoms with E-state index in [1.807, 2.05) is 89.1 Å². The summed E-state index contributed by atoms with van der Waals surface area (Å²) in [5, 5.41) is 6.02. The van der Waals surface area contributed by atoms with Crippen molar-refractivity contribution in [1.82, 2.24) is 10.4 Å². The van der Waals surface area contributed by atoms with Gasteiger partial charge in [-0.2, -0.15) is 5.10 Å². The molecule has 2 aromatic rings. The lowest BCUT2D eigenvalue weighted by Crippen LogP contribution is -2.34. The van der Waals surface area contributed by atoms with Gasteiger partial charge in [0.1, 0.15) is 0 Å². The number of hydrogen-bond donors (Lipinski definition) is 1. The van der Waals surface area contributed by atoms with Gasteiger partial charge in [0.15, 0.2) is 5.11 Å². The molecule has 0 amide bonds. The molecule has 1 heterocycles. The highest BCUT2D eigenvalue weighted by atomic mass is 32.1. The van der Waals surface area contributed by atoms with E-state index in [2.05, 4.69) is 41.5 Å². The predicted molar refractivity (Wildman–Crippen MR) is 137 cm³/mol. The van der Waals surface area contributed by atoms with Crippen molar-refractivity contribution >= 4 is 39.6 Å². The van der Waals surface area contributed by atoms with Crippen LogP contribution in [0.2, 0.25) is 0 Å². The summed E-state index contributed by atoms with van der Waals surface area (Å²) in [6.07, 6.45) is 8.14. The Labute approximate surface area is 187 Å². The van der Waals surface area contributed by atoms with Gasteiger partial charge in [0, 0.05) is 18.1 Å². The lowest BCUT2D eigenvalue weighted by atomic mass is 10.1. The van der Waals surface area contributed by atoms with E-state index in [9.17, 15) is 0 Å². The minimum atomic E-state index is 0.531. The third-order valence-electron chi connectivity index (χ3n) is 4.27. The molecule has 0 radical (unpaired) electrons. The zero-order valence-corrected chi connectivity index (χ0v) is 20.3. The van der Waals surface area contributed by atoms with Crippen molar-refractivity contribution in [1.29, 1.82) is 0 Å². The van der Waals surface area contributed by atoms with E-state index in [4.69, 9.17) is 12.2 Å². The van der Waals surface area contributed by atoms with Crippen molar-refractivity contribution in [3.8, 4) is 0 Å². The third kappa shape index (κ3) is 7.56. The number of anilines is 1. The fraction of sp³-hybridized carbons (Fsp3) is 0.320. The van der Waals surface area contributed by atoms with Crippen LogP contribution in [-0.2, 0) is 0 Å². The van der Waals surface area contributed by atoms with E-state index in [-0.39, 0.29) is 0 Å². The number of nitrogens with one attached hydrogen (secondary N) is 1. The highest BCUT2D eigenvalue weighted by Crippen LogP contribution is 2.25. The van der Waals surface area contributed by atoms with E-state index in [1.165, 1.54) is 5.57 Å². The zero-order valence-electron chi connectivity index (χ0n) is 19.4. The van der Waals surface area contributed by atoms with Gasteiger partial charge < -0.3 is 4.90 Å². The van der Waals surface area contributed by atoms with Crippen LogP contribution in [0, 0.1) is 6.92 Å². The van der Waals surface area contributed by atoms with Crippen LogP contribution in [0.15, 0.2) is 70.9 Å². The Morgan fingerprint density at radius 2 is 1.70 bits per heavy atom.